The molecule has 0 aliphatic rings. The lowest BCUT2D eigenvalue weighted by atomic mass is 10.2. The number of nitrogens with one attached hydrogen (secondary N) is 1. The van der Waals surface area contributed by atoms with Gasteiger partial charge in [-0.1, -0.05) is 34.5 Å². The van der Waals surface area contributed by atoms with Crippen LogP contribution in [0.25, 0.3) is 17.1 Å². The lowest BCUT2D eigenvalue weighted by Crippen LogP contribution is -2.25. The quantitative estimate of drug-likeness (QED) is 0.663. The van der Waals surface area contributed by atoms with Crippen LogP contribution in [0.2, 0.25) is 5.02 Å². The highest BCUT2D eigenvalue weighted by Gasteiger charge is 2.18. The minimum absolute atomic E-state index is 0.140. The predicted molar refractivity (Wildman–Crippen MR) is 102 cm³/mol. The van der Waals surface area contributed by atoms with Crippen molar-refractivity contribution < 1.29 is 4.79 Å². The maximum atomic E-state index is 12.3. The number of amides is 1. The minimum atomic E-state index is -0.284. The summed E-state index contributed by atoms with van der Waals surface area (Å²) in [7, 11) is 0. The smallest absolute Gasteiger partial charge is 0.290 e. The number of aromatic nitrogens is 3. The van der Waals surface area contributed by atoms with Gasteiger partial charge >= 0.3 is 0 Å². The summed E-state index contributed by atoms with van der Waals surface area (Å²) < 4.78 is 2.63. The highest BCUT2D eigenvalue weighted by atomic mass is 79.9. The molecule has 0 bridgehead atoms. The average molecular weight is 420 g/mol. The van der Waals surface area contributed by atoms with Gasteiger partial charge in [0.05, 0.1) is 5.69 Å². The van der Waals surface area contributed by atoms with E-state index in [-0.39, 0.29) is 11.7 Å². The SMILES string of the molecule is CCCNC(=O)c1nc(-c2ccc(Cl)cc2)n(-c2ccc(Br)cc2)n1. The predicted octanol–water partition coefficient (Wildman–Crippen LogP) is 4.49. The van der Waals surface area contributed by atoms with Crippen molar-refractivity contribution in [2.75, 3.05) is 6.54 Å². The molecule has 0 saturated heterocycles. The topological polar surface area (TPSA) is 59.8 Å². The third kappa shape index (κ3) is 4.08. The molecule has 128 valence electrons. The molecule has 1 amide bonds. The van der Waals surface area contributed by atoms with Crippen molar-refractivity contribution in [2.45, 2.75) is 13.3 Å². The Hall–Kier alpha value is -2.18. The Morgan fingerprint density at radius 2 is 1.84 bits per heavy atom. The van der Waals surface area contributed by atoms with E-state index < -0.39 is 0 Å². The van der Waals surface area contributed by atoms with Crippen LogP contribution in [0.15, 0.2) is 53.0 Å². The molecule has 3 aromatic rings. The van der Waals surface area contributed by atoms with Crippen LogP contribution in [0.1, 0.15) is 24.0 Å². The summed E-state index contributed by atoms with van der Waals surface area (Å²) in [6, 6.07) is 14.9. The molecule has 2 aromatic carbocycles. The summed E-state index contributed by atoms with van der Waals surface area (Å²) in [4.78, 5) is 16.7. The summed E-state index contributed by atoms with van der Waals surface area (Å²) >= 11 is 9.40. The minimum Gasteiger partial charge on any atom is -0.349 e. The fourth-order valence-corrected chi connectivity index (χ4v) is 2.66. The number of carbonyl (C=O) groups excluding carboxylic acids is 1. The standard InChI is InChI=1S/C18H16BrClN4O/c1-2-11-21-18(25)16-22-17(12-3-7-14(20)8-4-12)24(23-16)15-9-5-13(19)6-10-15/h3-10H,2,11H2,1H3,(H,21,25). The Morgan fingerprint density at radius 1 is 1.16 bits per heavy atom. The van der Waals surface area contributed by atoms with Crippen LogP contribution in [0.5, 0.6) is 0 Å². The maximum absolute atomic E-state index is 12.3. The zero-order valence-corrected chi connectivity index (χ0v) is 15.9. The number of hydrogen-bond acceptors (Lipinski definition) is 3. The normalized spacial score (nSPS) is 10.7. The Bertz CT molecular complexity index is 812. The molecule has 1 heterocycles. The highest BCUT2D eigenvalue weighted by molar-refractivity contribution is 9.10. The van der Waals surface area contributed by atoms with Crippen LogP contribution in [0.4, 0.5) is 0 Å². The maximum Gasteiger partial charge on any atom is 0.290 e. The molecule has 0 radical (unpaired) electrons. The molecule has 0 spiro atoms. The Morgan fingerprint density at radius 3 is 2.48 bits per heavy atom. The second-order valence-electron chi connectivity index (χ2n) is 5.41. The first kappa shape index (κ1) is 17.6. The van der Waals surface area contributed by atoms with E-state index in [0.717, 1.165) is 22.1 Å². The van der Waals surface area contributed by atoms with Gasteiger partial charge in [0.15, 0.2) is 5.82 Å². The number of rotatable bonds is 5. The summed E-state index contributed by atoms with van der Waals surface area (Å²) in [5.41, 5.74) is 1.64. The summed E-state index contributed by atoms with van der Waals surface area (Å²) in [6.45, 7) is 2.58. The molecule has 0 atom stereocenters. The van der Waals surface area contributed by atoms with Crippen molar-refractivity contribution in [1.82, 2.24) is 20.1 Å². The molecule has 0 aliphatic carbocycles. The van der Waals surface area contributed by atoms with Crippen LogP contribution in [-0.2, 0) is 0 Å². The molecule has 3 rings (SSSR count). The molecule has 0 unspecified atom stereocenters. The second-order valence-corrected chi connectivity index (χ2v) is 6.76. The molecular weight excluding hydrogens is 404 g/mol. The lowest BCUT2D eigenvalue weighted by Gasteiger charge is -2.06. The molecule has 0 aliphatic heterocycles. The van der Waals surface area contributed by atoms with Crippen molar-refractivity contribution in [1.29, 1.82) is 0 Å². The van der Waals surface area contributed by atoms with E-state index in [9.17, 15) is 4.79 Å². The van der Waals surface area contributed by atoms with Gasteiger partial charge in [0.1, 0.15) is 0 Å². The number of carbonyl (C=O) groups is 1. The molecule has 5 nitrogen and oxygen atoms in total. The van der Waals surface area contributed by atoms with Gasteiger partial charge < -0.3 is 5.32 Å². The molecule has 1 aromatic heterocycles. The Kier molecular flexibility index (Phi) is 5.50. The zero-order chi connectivity index (χ0) is 17.8. The molecule has 0 fully saturated rings. The largest absolute Gasteiger partial charge is 0.349 e. The zero-order valence-electron chi connectivity index (χ0n) is 13.5. The van der Waals surface area contributed by atoms with Crippen molar-refractivity contribution >= 4 is 33.4 Å². The van der Waals surface area contributed by atoms with Gasteiger partial charge in [-0.3, -0.25) is 4.79 Å². The van der Waals surface area contributed by atoms with Crippen molar-refractivity contribution in [3.05, 3.63) is 63.9 Å². The van der Waals surface area contributed by atoms with Gasteiger partial charge in [0.2, 0.25) is 5.82 Å². The van der Waals surface area contributed by atoms with Gasteiger partial charge in [-0.25, -0.2) is 9.67 Å². The van der Waals surface area contributed by atoms with Crippen LogP contribution >= 0.6 is 27.5 Å². The van der Waals surface area contributed by atoms with E-state index in [1.54, 1.807) is 16.8 Å². The van der Waals surface area contributed by atoms with Gasteiger partial charge in [0, 0.05) is 21.6 Å². The number of hydrogen-bond donors (Lipinski definition) is 1. The monoisotopic (exact) mass is 418 g/mol. The van der Waals surface area contributed by atoms with E-state index >= 15 is 0 Å². The molecule has 25 heavy (non-hydrogen) atoms. The third-order valence-electron chi connectivity index (χ3n) is 3.52. The third-order valence-corrected chi connectivity index (χ3v) is 4.30. The van der Waals surface area contributed by atoms with Crippen LogP contribution < -0.4 is 5.32 Å². The van der Waals surface area contributed by atoms with Crippen LogP contribution in [0.3, 0.4) is 0 Å². The first-order chi connectivity index (χ1) is 12.1. The van der Waals surface area contributed by atoms with Crippen LogP contribution in [-0.4, -0.2) is 27.2 Å². The lowest BCUT2D eigenvalue weighted by molar-refractivity contribution is 0.0943. The molecule has 1 N–H and O–H groups in total. The molecule has 7 heteroatoms. The number of halogens is 2. The van der Waals surface area contributed by atoms with E-state index in [4.69, 9.17) is 11.6 Å². The van der Waals surface area contributed by atoms with Gasteiger partial charge in [-0.05, 0) is 55.0 Å². The Balaban J connectivity index is 2.07. The first-order valence-electron chi connectivity index (χ1n) is 7.85. The Labute approximate surface area is 159 Å². The molecule has 0 saturated carbocycles. The van der Waals surface area contributed by atoms with Crippen molar-refractivity contribution in [2.24, 2.45) is 0 Å². The van der Waals surface area contributed by atoms with Gasteiger partial charge in [-0.15, -0.1) is 5.10 Å². The van der Waals surface area contributed by atoms with Gasteiger partial charge in [-0.2, -0.15) is 0 Å². The first-order valence-corrected chi connectivity index (χ1v) is 9.02. The summed E-state index contributed by atoms with van der Waals surface area (Å²) in [5, 5.41) is 7.85. The van der Waals surface area contributed by atoms with Crippen molar-refractivity contribution in [3.63, 3.8) is 0 Å². The van der Waals surface area contributed by atoms with E-state index in [2.05, 4.69) is 31.3 Å². The van der Waals surface area contributed by atoms with Crippen LogP contribution in [0, 0.1) is 0 Å². The van der Waals surface area contributed by atoms with Crippen molar-refractivity contribution in [3.8, 4) is 17.1 Å². The number of nitrogens with zero attached hydrogens (tertiary/aromatic N) is 3. The van der Waals surface area contributed by atoms with E-state index in [0.29, 0.717) is 17.4 Å². The highest BCUT2D eigenvalue weighted by Crippen LogP contribution is 2.24. The van der Waals surface area contributed by atoms with E-state index in [1.807, 2.05) is 43.3 Å². The fourth-order valence-electron chi connectivity index (χ4n) is 2.27. The summed E-state index contributed by atoms with van der Waals surface area (Å²) in [6.07, 6.45) is 0.850. The fraction of sp³-hybridized carbons (Fsp3) is 0.167. The average Bonchev–Trinajstić information content (AvgIpc) is 3.06. The van der Waals surface area contributed by atoms with Gasteiger partial charge in [0.25, 0.3) is 5.91 Å². The van der Waals surface area contributed by atoms with E-state index in [1.165, 1.54) is 0 Å². The second kappa shape index (κ2) is 7.80. The summed E-state index contributed by atoms with van der Waals surface area (Å²) in [5.74, 6) is 0.440. The molecular formula is C18H16BrClN4O. The number of benzene rings is 2.